The van der Waals surface area contributed by atoms with Crippen LogP contribution < -0.4 is 5.73 Å². The second kappa shape index (κ2) is 5.63. The van der Waals surface area contributed by atoms with E-state index in [2.05, 4.69) is 20.8 Å². The third-order valence-electron chi connectivity index (χ3n) is 2.92. The summed E-state index contributed by atoms with van der Waals surface area (Å²) in [6.07, 6.45) is -1.25. The van der Waals surface area contributed by atoms with Crippen LogP contribution in [-0.2, 0) is 5.41 Å². The lowest BCUT2D eigenvalue weighted by Gasteiger charge is -2.22. The maximum absolute atomic E-state index is 10.0. The molecule has 0 amide bonds. The van der Waals surface area contributed by atoms with Crippen LogP contribution in [0.2, 0.25) is 0 Å². The van der Waals surface area contributed by atoms with E-state index >= 15 is 0 Å². The minimum Gasteiger partial charge on any atom is -0.390 e. The van der Waals surface area contributed by atoms with Crippen molar-refractivity contribution in [1.29, 1.82) is 0 Å². The van der Waals surface area contributed by atoms with E-state index in [9.17, 15) is 10.2 Å². The van der Waals surface area contributed by atoms with Crippen LogP contribution in [0.3, 0.4) is 0 Å². The maximum atomic E-state index is 10.0. The number of aliphatic hydroxyl groups excluding tert-OH is 2. The van der Waals surface area contributed by atoms with Crippen LogP contribution in [0.25, 0.3) is 0 Å². The SMILES string of the molecule is CC(C)(C)c1cccc(C(O)C(O)CCN)c1. The third-order valence-corrected chi connectivity index (χ3v) is 2.92. The second-order valence-corrected chi connectivity index (χ2v) is 5.46. The molecule has 3 nitrogen and oxygen atoms in total. The summed E-state index contributed by atoms with van der Waals surface area (Å²) < 4.78 is 0. The summed E-state index contributed by atoms with van der Waals surface area (Å²) in [5, 5.41) is 19.7. The van der Waals surface area contributed by atoms with Crippen LogP contribution in [0.4, 0.5) is 0 Å². The van der Waals surface area contributed by atoms with Gasteiger partial charge in [0.15, 0.2) is 0 Å². The Morgan fingerprint density at radius 1 is 1.24 bits per heavy atom. The fourth-order valence-electron chi connectivity index (χ4n) is 1.74. The molecular weight excluding hydrogens is 214 g/mol. The predicted molar refractivity (Wildman–Crippen MR) is 69.8 cm³/mol. The lowest BCUT2D eigenvalue weighted by Crippen LogP contribution is -2.22. The predicted octanol–water partition coefficient (Wildman–Crippen LogP) is 1.73. The highest BCUT2D eigenvalue weighted by molar-refractivity contribution is 5.30. The van der Waals surface area contributed by atoms with Gasteiger partial charge in [-0.15, -0.1) is 0 Å². The average Bonchev–Trinajstić information content (AvgIpc) is 2.27. The van der Waals surface area contributed by atoms with Gasteiger partial charge in [0.2, 0.25) is 0 Å². The van der Waals surface area contributed by atoms with Gasteiger partial charge in [-0.25, -0.2) is 0 Å². The molecule has 0 saturated heterocycles. The normalized spacial score (nSPS) is 15.6. The molecule has 4 N–H and O–H groups in total. The molecule has 0 bridgehead atoms. The topological polar surface area (TPSA) is 66.5 Å². The third kappa shape index (κ3) is 3.80. The Morgan fingerprint density at radius 3 is 2.41 bits per heavy atom. The van der Waals surface area contributed by atoms with Crippen molar-refractivity contribution in [2.24, 2.45) is 5.73 Å². The smallest absolute Gasteiger partial charge is 0.105 e. The fraction of sp³-hybridized carbons (Fsp3) is 0.571. The Hall–Kier alpha value is -0.900. The van der Waals surface area contributed by atoms with Crippen molar-refractivity contribution < 1.29 is 10.2 Å². The maximum Gasteiger partial charge on any atom is 0.105 e. The highest BCUT2D eigenvalue weighted by atomic mass is 16.3. The summed E-state index contributed by atoms with van der Waals surface area (Å²) in [7, 11) is 0. The molecule has 2 unspecified atom stereocenters. The van der Waals surface area contributed by atoms with Gasteiger partial charge in [0.1, 0.15) is 6.10 Å². The van der Waals surface area contributed by atoms with Crippen molar-refractivity contribution >= 4 is 0 Å². The first-order valence-electron chi connectivity index (χ1n) is 6.03. The quantitative estimate of drug-likeness (QED) is 0.747. The fourth-order valence-corrected chi connectivity index (χ4v) is 1.74. The van der Waals surface area contributed by atoms with Crippen LogP contribution >= 0.6 is 0 Å². The lowest BCUT2D eigenvalue weighted by atomic mass is 9.85. The van der Waals surface area contributed by atoms with Crippen LogP contribution in [0.1, 0.15) is 44.4 Å². The van der Waals surface area contributed by atoms with E-state index in [0.29, 0.717) is 13.0 Å². The first-order valence-corrected chi connectivity index (χ1v) is 6.03. The Balaban J connectivity index is 2.92. The van der Waals surface area contributed by atoms with E-state index in [4.69, 9.17) is 5.73 Å². The van der Waals surface area contributed by atoms with Crippen molar-refractivity contribution in [1.82, 2.24) is 0 Å². The Labute approximate surface area is 103 Å². The summed E-state index contributed by atoms with van der Waals surface area (Å²) in [6.45, 7) is 6.73. The molecule has 1 rings (SSSR count). The van der Waals surface area contributed by atoms with Crippen molar-refractivity contribution in [2.75, 3.05) is 6.54 Å². The zero-order valence-electron chi connectivity index (χ0n) is 10.9. The number of benzene rings is 1. The van der Waals surface area contributed by atoms with Gasteiger partial charge < -0.3 is 15.9 Å². The zero-order chi connectivity index (χ0) is 13.1. The van der Waals surface area contributed by atoms with Gasteiger partial charge in [0, 0.05) is 0 Å². The molecule has 0 heterocycles. The van der Waals surface area contributed by atoms with Gasteiger partial charge in [-0.1, -0.05) is 45.0 Å². The van der Waals surface area contributed by atoms with Crippen LogP contribution in [0.5, 0.6) is 0 Å². The van der Waals surface area contributed by atoms with Gasteiger partial charge in [-0.2, -0.15) is 0 Å². The Bertz CT molecular complexity index is 357. The number of hydrogen-bond donors (Lipinski definition) is 3. The van der Waals surface area contributed by atoms with Gasteiger partial charge in [-0.3, -0.25) is 0 Å². The second-order valence-electron chi connectivity index (χ2n) is 5.46. The van der Waals surface area contributed by atoms with E-state index in [1.165, 1.54) is 0 Å². The Morgan fingerprint density at radius 2 is 1.88 bits per heavy atom. The van der Waals surface area contributed by atoms with Gasteiger partial charge in [0.25, 0.3) is 0 Å². The number of hydrogen-bond acceptors (Lipinski definition) is 3. The molecule has 0 aliphatic rings. The molecule has 1 aromatic rings. The minimum absolute atomic E-state index is 0.0363. The van der Waals surface area contributed by atoms with Crippen molar-refractivity contribution in [3.8, 4) is 0 Å². The molecule has 0 saturated carbocycles. The van der Waals surface area contributed by atoms with Crippen LogP contribution in [0, 0.1) is 0 Å². The highest BCUT2D eigenvalue weighted by Crippen LogP contribution is 2.26. The largest absolute Gasteiger partial charge is 0.390 e. The van der Waals surface area contributed by atoms with E-state index in [1.807, 2.05) is 24.3 Å². The van der Waals surface area contributed by atoms with E-state index in [0.717, 1.165) is 11.1 Å². The summed E-state index contributed by atoms with van der Waals surface area (Å²) in [5.74, 6) is 0. The Kier molecular flexibility index (Phi) is 4.69. The summed E-state index contributed by atoms with van der Waals surface area (Å²) in [5.41, 5.74) is 7.31. The number of rotatable bonds is 4. The van der Waals surface area contributed by atoms with Crippen LogP contribution in [-0.4, -0.2) is 22.9 Å². The molecule has 0 aliphatic carbocycles. The zero-order valence-corrected chi connectivity index (χ0v) is 10.9. The van der Waals surface area contributed by atoms with E-state index in [1.54, 1.807) is 0 Å². The molecule has 0 radical (unpaired) electrons. The monoisotopic (exact) mass is 237 g/mol. The lowest BCUT2D eigenvalue weighted by molar-refractivity contribution is 0.0149. The molecule has 0 aliphatic heterocycles. The molecule has 0 fully saturated rings. The molecule has 1 aromatic carbocycles. The number of aliphatic hydroxyl groups is 2. The van der Waals surface area contributed by atoms with Crippen LogP contribution in [0.15, 0.2) is 24.3 Å². The highest BCUT2D eigenvalue weighted by Gasteiger charge is 2.20. The number of nitrogens with two attached hydrogens (primary N) is 1. The first-order chi connectivity index (χ1) is 7.86. The van der Waals surface area contributed by atoms with Gasteiger partial charge >= 0.3 is 0 Å². The summed E-state index contributed by atoms with van der Waals surface area (Å²) in [4.78, 5) is 0. The van der Waals surface area contributed by atoms with E-state index < -0.39 is 12.2 Å². The minimum atomic E-state index is -0.860. The van der Waals surface area contributed by atoms with Gasteiger partial charge in [-0.05, 0) is 29.5 Å². The molecule has 96 valence electrons. The standard InChI is InChI=1S/C14H23NO2/c1-14(2,3)11-6-4-5-10(9-11)13(17)12(16)7-8-15/h4-6,9,12-13,16-17H,7-8,15H2,1-3H3. The molecule has 0 aromatic heterocycles. The van der Waals surface area contributed by atoms with E-state index in [-0.39, 0.29) is 5.41 Å². The molecule has 3 heteroatoms. The van der Waals surface area contributed by atoms with Gasteiger partial charge in [0.05, 0.1) is 6.10 Å². The van der Waals surface area contributed by atoms with Crippen molar-refractivity contribution in [2.45, 2.75) is 44.8 Å². The van der Waals surface area contributed by atoms with Crippen molar-refractivity contribution in [3.05, 3.63) is 35.4 Å². The molecule has 0 spiro atoms. The summed E-state index contributed by atoms with van der Waals surface area (Å²) in [6, 6.07) is 7.73. The molecule has 17 heavy (non-hydrogen) atoms. The molecular formula is C14H23NO2. The first kappa shape index (κ1) is 14.2. The van der Waals surface area contributed by atoms with Crippen molar-refractivity contribution in [3.63, 3.8) is 0 Å². The average molecular weight is 237 g/mol. The summed E-state index contributed by atoms with van der Waals surface area (Å²) >= 11 is 0. The molecule has 2 atom stereocenters.